The zero-order valence-electron chi connectivity index (χ0n) is 16.3. The summed E-state index contributed by atoms with van der Waals surface area (Å²) in [5.74, 6) is -0.906. The molecule has 7 heteroatoms. The largest absolute Gasteiger partial charge is 0.481 e. The van der Waals surface area contributed by atoms with E-state index in [0.717, 1.165) is 33.8 Å². The van der Waals surface area contributed by atoms with Crippen LogP contribution in [0.3, 0.4) is 0 Å². The summed E-state index contributed by atoms with van der Waals surface area (Å²) >= 11 is 0. The average molecular weight is 413 g/mol. The van der Waals surface area contributed by atoms with Gasteiger partial charge >= 0.3 is 16.1 Å². The molecule has 3 rings (SSSR count). The molecule has 3 aromatic rings. The average Bonchev–Trinajstić information content (AvgIpc) is 2.66. The van der Waals surface area contributed by atoms with Crippen molar-refractivity contribution in [3.05, 3.63) is 71.8 Å². The predicted octanol–water partition coefficient (Wildman–Crippen LogP) is 4.05. The third-order valence-electron chi connectivity index (χ3n) is 4.54. The van der Waals surface area contributed by atoms with Crippen molar-refractivity contribution >= 4 is 32.5 Å². The van der Waals surface area contributed by atoms with Crippen molar-refractivity contribution in [2.45, 2.75) is 19.9 Å². The molecule has 0 saturated carbocycles. The van der Waals surface area contributed by atoms with Gasteiger partial charge in [-0.25, -0.2) is 0 Å². The molecule has 0 aliphatic rings. The number of fused-ring (bicyclic) bond motifs is 1. The molecule has 2 N–H and O–H groups in total. The molecule has 29 heavy (non-hydrogen) atoms. The van der Waals surface area contributed by atoms with Crippen molar-refractivity contribution in [3.8, 4) is 5.75 Å². The molecule has 0 aliphatic heterocycles. The minimum atomic E-state index is -3.55. The monoisotopic (exact) mass is 413 g/mol. The fourth-order valence-corrected chi connectivity index (χ4v) is 3.47. The molecule has 3 aromatic carbocycles. The summed E-state index contributed by atoms with van der Waals surface area (Å²) in [6, 6.07) is 18.9. The van der Waals surface area contributed by atoms with Gasteiger partial charge in [0.1, 0.15) is 5.75 Å². The smallest absolute Gasteiger partial charge is 0.306 e. The molecule has 6 nitrogen and oxygen atoms in total. The highest BCUT2D eigenvalue weighted by Gasteiger charge is 2.11. The number of carboxylic acids is 1. The van der Waals surface area contributed by atoms with Crippen molar-refractivity contribution in [2.24, 2.45) is 5.92 Å². The van der Waals surface area contributed by atoms with Crippen LogP contribution in [0.2, 0.25) is 0 Å². The van der Waals surface area contributed by atoms with Gasteiger partial charge in [0, 0.05) is 12.2 Å². The predicted molar refractivity (Wildman–Crippen MR) is 114 cm³/mol. The Hall–Kier alpha value is -3.06. The maximum atomic E-state index is 11.3. The van der Waals surface area contributed by atoms with Crippen LogP contribution >= 0.6 is 0 Å². The lowest BCUT2D eigenvalue weighted by atomic mass is 10.0. The Kier molecular flexibility index (Phi) is 6.08. The van der Waals surface area contributed by atoms with E-state index in [1.807, 2.05) is 48.5 Å². The van der Waals surface area contributed by atoms with Crippen LogP contribution in [-0.4, -0.2) is 25.7 Å². The second-order valence-corrected chi connectivity index (χ2v) is 8.70. The van der Waals surface area contributed by atoms with Gasteiger partial charge in [-0.1, -0.05) is 37.3 Å². The summed E-state index contributed by atoms with van der Waals surface area (Å²) in [7, 11) is -3.55. The Morgan fingerprint density at radius 3 is 2.28 bits per heavy atom. The number of aliphatic carboxylic acids is 1. The minimum absolute atomic E-state index is 0.295. The molecule has 0 radical (unpaired) electrons. The Labute approximate surface area is 170 Å². The van der Waals surface area contributed by atoms with Gasteiger partial charge in [0.05, 0.1) is 12.2 Å². The molecule has 0 fully saturated rings. The Bertz CT molecular complexity index is 1120. The summed E-state index contributed by atoms with van der Waals surface area (Å²) in [4.78, 5) is 11.0. The molecule has 0 saturated heterocycles. The number of hydrogen-bond acceptors (Lipinski definition) is 5. The molecule has 0 bridgehead atoms. The number of nitrogens with one attached hydrogen (secondary N) is 1. The van der Waals surface area contributed by atoms with Crippen LogP contribution in [0.5, 0.6) is 5.75 Å². The molecule has 0 aliphatic carbocycles. The van der Waals surface area contributed by atoms with Gasteiger partial charge in [-0.3, -0.25) is 4.79 Å². The van der Waals surface area contributed by atoms with Crippen LogP contribution in [-0.2, 0) is 27.9 Å². The van der Waals surface area contributed by atoms with Crippen molar-refractivity contribution in [1.29, 1.82) is 0 Å². The number of carbonyl (C=O) groups is 1. The van der Waals surface area contributed by atoms with Crippen LogP contribution < -0.4 is 9.50 Å². The van der Waals surface area contributed by atoms with Crippen LogP contribution in [0.25, 0.3) is 10.8 Å². The van der Waals surface area contributed by atoms with Gasteiger partial charge in [-0.2, -0.15) is 8.42 Å². The lowest BCUT2D eigenvalue weighted by Crippen LogP contribution is -2.12. The van der Waals surface area contributed by atoms with E-state index in [1.54, 1.807) is 19.1 Å². The first-order valence-electron chi connectivity index (χ1n) is 9.17. The van der Waals surface area contributed by atoms with E-state index < -0.39 is 22.0 Å². The van der Waals surface area contributed by atoms with E-state index in [4.69, 9.17) is 9.29 Å². The quantitative estimate of drug-likeness (QED) is 0.541. The molecular weight excluding hydrogens is 390 g/mol. The van der Waals surface area contributed by atoms with Crippen LogP contribution in [0.1, 0.15) is 18.1 Å². The lowest BCUT2D eigenvalue weighted by Gasteiger charge is -2.10. The molecular formula is C22H23NO5S. The Balaban J connectivity index is 1.64. The highest BCUT2D eigenvalue weighted by Crippen LogP contribution is 2.23. The highest BCUT2D eigenvalue weighted by atomic mass is 32.2. The molecule has 152 valence electrons. The summed E-state index contributed by atoms with van der Waals surface area (Å²) in [5, 5.41) is 14.2. The molecule has 0 amide bonds. The molecule has 0 heterocycles. The molecule has 0 aromatic heterocycles. The number of anilines is 1. The van der Waals surface area contributed by atoms with Crippen LogP contribution in [0, 0.1) is 5.92 Å². The summed E-state index contributed by atoms with van der Waals surface area (Å²) in [6.07, 6.45) is 1.52. The van der Waals surface area contributed by atoms with Crippen molar-refractivity contribution < 1.29 is 22.5 Å². The minimum Gasteiger partial charge on any atom is -0.481 e. The summed E-state index contributed by atoms with van der Waals surface area (Å²) < 4.78 is 27.4. The van der Waals surface area contributed by atoms with Gasteiger partial charge in [-0.05, 0) is 58.7 Å². The number of rotatable bonds is 8. The van der Waals surface area contributed by atoms with Crippen molar-refractivity contribution in [2.75, 3.05) is 11.6 Å². The summed E-state index contributed by atoms with van der Waals surface area (Å²) in [5.41, 5.74) is 3.02. The van der Waals surface area contributed by atoms with Crippen LogP contribution in [0.15, 0.2) is 60.7 Å². The standard InChI is InChI=1S/C22H23NO5S/c1-15(22(24)25)11-16-4-8-20(9-5-16)23-14-17-3-6-19-13-21(28-29(2,26)27)10-7-18(19)12-17/h3-10,12-13,15,23H,11,14H2,1-2H3,(H,24,25)/t15-/m0/s1. The van der Waals surface area contributed by atoms with Gasteiger partial charge in [-0.15, -0.1) is 0 Å². The maximum absolute atomic E-state index is 11.3. The number of hydrogen-bond donors (Lipinski definition) is 2. The first-order chi connectivity index (χ1) is 13.7. The topological polar surface area (TPSA) is 92.7 Å². The van der Waals surface area contributed by atoms with Gasteiger partial charge in [0.15, 0.2) is 0 Å². The number of carboxylic acid groups (broad SMARTS) is 1. The highest BCUT2D eigenvalue weighted by molar-refractivity contribution is 7.86. The first kappa shape index (κ1) is 20.7. The summed E-state index contributed by atoms with van der Waals surface area (Å²) in [6.45, 7) is 2.33. The second-order valence-electron chi connectivity index (χ2n) is 7.12. The molecule has 0 spiro atoms. The number of benzene rings is 3. The normalized spacial score (nSPS) is 12.5. The third kappa shape index (κ3) is 5.96. The zero-order chi connectivity index (χ0) is 21.0. The van der Waals surface area contributed by atoms with E-state index in [9.17, 15) is 13.2 Å². The van der Waals surface area contributed by atoms with Crippen molar-refractivity contribution in [3.63, 3.8) is 0 Å². The zero-order valence-corrected chi connectivity index (χ0v) is 17.1. The third-order valence-corrected chi connectivity index (χ3v) is 5.03. The SMILES string of the molecule is C[C@@H](Cc1ccc(NCc2ccc3cc(OS(C)(=O)=O)ccc3c2)cc1)C(=O)O. The van der Waals surface area contributed by atoms with E-state index in [-0.39, 0.29) is 0 Å². The Morgan fingerprint density at radius 2 is 1.62 bits per heavy atom. The van der Waals surface area contributed by atoms with Gasteiger partial charge in [0.2, 0.25) is 0 Å². The van der Waals surface area contributed by atoms with E-state index in [2.05, 4.69) is 5.32 Å². The van der Waals surface area contributed by atoms with Gasteiger partial charge in [0.25, 0.3) is 0 Å². The molecule has 1 atom stereocenters. The van der Waals surface area contributed by atoms with E-state index in [0.29, 0.717) is 18.7 Å². The van der Waals surface area contributed by atoms with Crippen LogP contribution in [0.4, 0.5) is 5.69 Å². The van der Waals surface area contributed by atoms with E-state index >= 15 is 0 Å². The lowest BCUT2D eigenvalue weighted by molar-refractivity contribution is -0.141. The first-order valence-corrected chi connectivity index (χ1v) is 11.0. The second kappa shape index (κ2) is 8.53. The fourth-order valence-electron chi connectivity index (χ4n) is 3.01. The fraction of sp³-hybridized carbons (Fsp3) is 0.227. The molecule has 0 unspecified atom stereocenters. The maximum Gasteiger partial charge on any atom is 0.306 e. The van der Waals surface area contributed by atoms with E-state index in [1.165, 1.54) is 0 Å². The van der Waals surface area contributed by atoms with Gasteiger partial charge < -0.3 is 14.6 Å². The van der Waals surface area contributed by atoms with Crippen molar-refractivity contribution in [1.82, 2.24) is 0 Å². The Morgan fingerprint density at radius 1 is 1.00 bits per heavy atom.